The largest absolute Gasteiger partial charge is 0.481 e. The van der Waals surface area contributed by atoms with Crippen LogP contribution in [0, 0.1) is 0 Å². The van der Waals surface area contributed by atoms with Crippen molar-refractivity contribution in [1.29, 1.82) is 0 Å². The molecule has 9 N–H and O–H groups in total. The lowest BCUT2D eigenvalue weighted by atomic mass is 10.0. The summed E-state index contributed by atoms with van der Waals surface area (Å²) in [6, 6.07) is -3.62. The highest BCUT2D eigenvalue weighted by molar-refractivity contribution is 5.86. The number of unbranched alkanes of at least 4 members (excludes halogenated alkanes) is 13. The number of nitrogens with one attached hydrogen (secondary N) is 5. The van der Waals surface area contributed by atoms with Gasteiger partial charge in [0.25, 0.3) is 0 Å². The predicted molar refractivity (Wildman–Crippen MR) is 243 cm³/mol. The molecule has 0 saturated heterocycles. The molecule has 22 nitrogen and oxygen atoms in total. The minimum Gasteiger partial charge on any atom is -0.481 e. The van der Waals surface area contributed by atoms with Crippen LogP contribution in [0.25, 0.3) is 0 Å². The third-order valence-corrected chi connectivity index (χ3v) is 10.2. The molecule has 0 aromatic heterocycles. The van der Waals surface area contributed by atoms with E-state index in [2.05, 4.69) is 26.6 Å². The Bertz CT molecular complexity index is 1440. The Hall–Kier alpha value is -4.93. The smallest absolute Gasteiger partial charge is 0.326 e. The first-order chi connectivity index (χ1) is 32.2. The van der Waals surface area contributed by atoms with Gasteiger partial charge in [0.15, 0.2) is 0 Å². The molecule has 0 bridgehead atoms. The van der Waals surface area contributed by atoms with E-state index in [-0.39, 0.29) is 116 Å². The maximum atomic E-state index is 12.3. The van der Waals surface area contributed by atoms with Gasteiger partial charge in [-0.3, -0.25) is 28.8 Å². The molecule has 386 valence electrons. The zero-order valence-electron chi connectivity index (χ0n) is 39.5. The molecule has 0 aliphatic carbocycles. The van der Waals surface area contributed by atoms with E-state index in [9.17, 15) is 53.4 Å². The lowest BCUT2D eigenvalue weighted by Crippen LogP contribution is -2.44. The van der Waals surface area contributed by atoms with E-state index in [0.29, 0.717) is 12.8 Å². The maximum absolute atomic E-state index is 12.3. The molecule has 0 radical (unpaired) electrons. The van der Waals surface area contributed by atoms with Gasteiger partial charge in [0, 0.05) is 38.8 Å². The number of rotatable bonds is 47. The van der Waals surface area contributed by atoms with E-state index >= 15 is 0 Å². The number of carboxylic acids is 4. The predicted octanol–water partition coefficient (Wildman–Crippen LogP) is 2.68. The summed E-state index contributed by atoms with van der Waals surface area (Å²) < 4.78 is 21.1. The molecule has 0 aliphatic rings. The number of carboxylic acid groups (broad SMARTS) is 4. The molecule has 0 spiro atoms. The fraction of sp³-hybridized carbons (Fsp3) is 0.800. The van der Waals surface area contributed by atoms with Crippen LogP contribution in [0.5, 0.6) is 0 Å². The second kappa shape index (κ2) is 42.4. The molecule has 0 fully saturated rings. The second-order valence-electron chi connectivity index (χ2n) is 16.1. The molecular weight excluding hydrogens is 883 g/mol. The van der Waals surface area contributed by atoms with Gasteiger partial charge in [-0.25, -0.2) is 14.4 Å². The Morgan fingerprint density at radius 3 is 1.15 bits per heavy atom. The summed E-state index contributed by atoms with van der Waals surface area (Å²) in [5.74, 6) is -6.99. The minimum atomic E-state index is -1.38. The van der Waals surface area contributed by atoms with Crippen molar-refractivity contribution >= 4 is 53.4 Å². The molecule has 0 heterocycles. The Morgan fingerprint density at radius 2 is 0.716 bits per heavy atom. The summed E-state index contributed by atoms with van der Waals surface area (Å²) in [5.41, 5.74) is 0. The van der Waals surface area contributed by atoms with Gasteiger partial charge in [0.05, 0.1) is 39.6 Å². The van der Waals surface area contributed by atoms with Crippen LogP contribution in [0.3, 0.4) is 0 Å². The maximum Gasteiger partial charge on any atom is 0.326 e. The molecule has 22 heteroatoms. The van der Waals surface area contributed by atoms with E-state index in [1.54, 1.807) is 6.92 Å². The zero-order valence-corrected chi connectivity index (χ0v) is 39.5. The van der Waals surface area contributed by atoms with Gasteiger partial charge >= 0.3 is 23.9 Å². The first-order valence-corrected chi connectivity index (χ1v) is 23.8. The summed E-state index contributed by atoms with van der Waals surface area (Å²) in [5, 5.41) is 49.0. The first kappa shape index (κ1) is 62.1. The number of carbonyl (C=O) groups is 9. The molecule has 3 atom stereocenters. The topological polar surface area (TPSA) is 332 Å². The monoisotopic (exact) mass is 962 g/mol. The Labute approximate surface area is 394 Å². The van der Waals surface area contributed by atoms with Gasteiger partial charge in [-0.2, -0.15) is 0 Å². The summed E-state index contributed by atoms with van der Waals surface area (Å²) in [6.07, 6.45) is 15.4. The molecule has 0 rings (SSSR count). The van der Waals surface area contributed by atoms with Crippen LogP contribution in [0.2, 0.25) is 0 Å². The highest BCUT2D eigenvalue weighted by atomic mass is 16.5. The van der Waals surface area contributed by atoms with Crippen molar-refractivity contribution in [2.45, 2.75) is 166 Å². The van der Waals surface area contributed by atoms with Crippen LogP contribution in [-0.4, -0.2) is 158 Å². The number of aliphatic carboxylic acids is 4. The minimum absolute atomic E-state index is 0.000393. The van der Waals surface area contributed by atoms with Crippen molar-refractivity contribution < 1.29 is 82.5 Å². The fourth-order valence-electron chi connectivity index (χ4n) is 6.50. The van der Waals surface area contributed by atoms with Crippen LogP contribution in [-0.2, 0) is 62.1 Å². The average Bonchev–Trinajstić information content (AvgIpc) is 3.27. The quantitative estimate of drug-likeness (QED) is 0.0396. The van der Waals surface area contributed by atoms with Gasteiger partial charge in [-0.1, -0.05) is 90.4 Å². The number of ether oxygens (including phenoxy) is 4. The van der Waals surface area contributed by atoms with Crippen molar-refractivity contribution in [2.24, 2.45) is 0 Å². The van der Waals surface area contributed by atoms with Gasteiger partial charge in [0.2, 0.25) is 29.5 Å². The molecule has 67 heavy (non-hydrogen) atoms. The standard InChI is InChI=1S/C45H79N5O17/c1-2-17-34(43(58)59)48-39(53)23-21-36(45(62)63)50-41(55)33-67-31-29-65-27-25-47-40(54)32-66-30-28-64-26-24-46-37(51)22-20-35(44(60)61)49-38(52)18-15-13-11-9-7-5-3-4-6-8-10-12-14-16-19-42(56)57/h34-36H,2-33H2,1H3,(H,46,51)(H,47,54)(H,48,53)(H,49,52)(H,50,55)(H,56,57)(H,58,59)(H,60,61)(H,62,63)/t34-,35-,36-/m0/s1. The normalized spacial score (nSPS) is 12.3. The van der Waals surface area contributed by atoms with Crippen molar-refractivity contribution in [3.05, 3.63) is 0 Å². The average molecular weight is 962 g/mol. The third-order valence-electron chi connectivity index (χ3n) is 10.2. The van der Waals surface area contributed by atoms with E-state index in [4.69, 9.17) is 29.2 Å². The van der Waals surface area contributed by atoms with Crippen molar-refractivity contribution in [3.8, 4) is 0 Å². The van der Waals surface area contributed by atoms with E-state index in [0.717, 1.165) is 51.4 Å². The van der Waals surface area contributed by atoms with Gasteiger partial charge in [0.1, 0.15) is 31.3 Å². The molecule has 0 unspecified atom stereocenters. The Balaban J connectivity index is 3.82. The SMILES string of the molecule is CCC[C@H](NC(=O)CC[C@H](NC(=O)COCCOCCNC(=O)COCCOCCNC(=O)CC[C@H](NC(=O)CCCCCCCCCCCCCCCCC(=O)O)C(=O)O)C(=O)O)C(=O)O. The summed E-state index contributed by atoms with van der Waals surface area (Å²) in [7, 11) is 0. The Morgan fingerprint density at radius 1 is 0.373 bits per heavy atom. The molecule has 0 aromatic rings. The van der Waals surface area contributed by atoms with Gasteiger partial charge in [-0.05, 0) is 32.1 Å². The van der Waals surface area contributed by atoms with Crippen LogP contribution in [0.4, 0.5) is 0 Å². The molecule has 0 saturated carbocycles. The fourth-order valence-corrected chi connectivity index (χ4v) is 6.50. The summed E-state index contributed by atoms with van der Waals surface area (Å²) >= 11 is 0. The molecule has 0 aromatic carbocycles. The van der Waals surface area contributed by atoms with Crippen molar-refractivity contribution in [2.75, 3.05) is 65.9 Å². The highest BCUT2D eigenvalue weighted by Gasteiger charge is 2.24. The van der Waals surface area contributed by atoms with E-state index in [1.807, 2.05) is 0 Å². The van der Waals surface area contributed by atoms with Crippen LogP contribution in [0.15, 0.2) is 0 Å². The van der Waals surface area contributed by atoms with Crippen LogP contribution >= 0.6 is 0 Å². The summed E-state index contributed by atoms with van der Waals surface area (Å²) in [4.78, 5) is 106. The number of carbonyl (C=O) groups excluding carboxylic acids is 5. The molecule has 5 amide bonds. The van der Waals surface area contributed by atoms with Gasteiger partial charge < -0.3 is 66.0 Å². The lowest BCUT2D eigenvalue weighted by molar-refractivity contribution is -0.144. The third kappa shape index (κ3) is 39.9. The van der Waals surface area contributed by atoms with E-state index in [1.165, 1.54) is 32.1 Å². The van der Waals surface area contributed by atoms with Crippen LogP contribution in [0.1, 0.15) is 148 Å². The van der Waals surface area contributed by atoms with Crippen molar-refractivity contribution in [3.63, 3.8) is 0 Å². The van der Waals surface area contributed by atoms with Crippen LogP contribution < -0.4 is 26.6 Å². The lowest BCUT2D eigenvalue weighted by Gasteiger charge is -2.16. The van der Waals surface area contributed by atoms with Gasteiger partial charge in [-0.15, -0.1) is 0 Å². The zero-order chi connectivity index (χ0) is 49.9. The molecule has 0 aliphatic heterocycles. The number of hydrogen-bond acceptors (Lipinski definition) is 13. The summed E-state index contributed by atoms with van der Waals surface area (Å²) in [6.45, 7) is 2.05. The number of hydrogen-bond donors (Lipinski definition) is 9. The second-order valence-corrected chi connectivity index (χ2v) is 16.1. The van der Waals surface area contributed by atoms with Crippen molar-refractivity contribution in [1.82, 2.24) is 26.6 Å². The molecular formula is C45H79N5O17. The van der Waals surface area contributed by atoms with E-state index < -0.39 is 66.3 Å². The number of amides is 5. The Kier molecular flexibility index (Phi) is 39.3. The first-order valence-electron chi connectivity index (χ1n) is 23.8. The highest BCUT2D eigenvalue weighted by Crippen LogP contribution is 2.14.